The largest absolute Gasteiger partial charge is 0.462 e. The summed E-state index contributed by atoms with van der Waals surface area (Å²) in [7, 11) is 0. The molecule has 0 amide bonds. The highest BCUT2D eigenvalue weighted by Crippen LogP contribution is 2.34. The highest BCUT2D eigenvalue weighted by molar-refractivity contribution is 5.96. The van der Waals surface area contributed by atoms with E-state index in [4.69, 9.17) is 9.47 Å². The third kappa shape index (κ3) is 3.66. The van der Waals surface area contributed by atoms with Gasteiger partial charge < -0.3 is 14.4 Å². The molecule has 1 aromatic rings. The molecule has 21 heavy (non-hydrogen) atoms. The fourth-order valence-corrected chi connectivity index (χ4v) is 2.16. The monoisotopic (exact) mass is 303 g/mol. The standard InChI is InChI=1S/C14H16F3NO3/c1-2-21-13(19)11-4-3-10(14(15,16)17)9-12(11)18-5-7-20-8-6-18/h3-4,9H,2,5-8H2,1H3. The molecule has 0 saturated carbocycles. The second kappa shape index (κ2) is 6.34. The molecule has 0 aromatic heterocycles. The maximum atomic E-state index is 12.9. The van der Waals surface area contributed by atoms with E-state index < -0.39 is 17.7 Å². The summed E-state index contributed by atoms with van der Waals surface area (Å²) in [4.78, 5) is 13.6. The fourth-order valence-electron chi connectivity index (χ4n) is 2.16. The van der Waals surface area contributed by atoms with Crippen molar-refractivity contribution in [2.45, 2.75) is 13.1 Å². The maximum Gasteiger partial charge on any atom is 0.416 e. The van der Waals surface area contributed by atoms with E-state index in [0.29, 0.717) is 26.3 Å². The lowest BCUT2D eigenvalue weighted by atomic mass is 10.1. The number of alkyl halides is 3. The fraction of sp³-hybridized carbons (Fsp3) is 0.500. The van der Waals surface area contributed by atoms with Crippen LogP contribution < -0.4 is 4.90 Å². The van der Waals surface area contributed by atoms with Gasteiger partial charge in [-0.1, -0.05) is 0 Å². The Hall–Kier alpha value is -1.76. The van der Waals surface area contributed by atoms with Gasteiger partial charge in [-0.05, 0) is 25.1 Å². The number of hydrogen-bond donors (Lipinski definition) is 0. The van der Waals surface area contributed by atoms with Crippen molar-refractivity contribution in [3.8, 4) is 0 Å². The molecule has 4 nitrogen and oxygen atoms in total. The van der Waals surface area contributed by atoms with Crippen LogP contribution in [0, 0.1) is 0 Å². The highest BCUT2D eigenvalue weighted by Gasteiger charge is 2.32. The van der Waals surface area contributed by atoms with Crippen LogP contribution in [0.1, 0.15) is 22.8 Å². The molecule has 1 saturated heterocycles. The SMILES string of the molecule is CCOC(=O)c1ccc(C(F)(F)F)cc1N1CCOCC1. The van der Waals surface area contributed by atoms with Gasteiger partial charge in [0, 0.05) is 13.1 Å². The van der Waals surface area contributed by atoms with Crippen molar-refractivity contribution >= 4 is 11.7 Å². The third-order valence-corrected chi connectivity index (χ3v) is 3.17. The van der Waals surface area contributed by atoms with Crippen LogP contribution in [0.25, 0.3) is 0 Å². The number of esters is 1. The minimum Gasteiger partial charge on any atom is -0.462 e. The Morgan fingerprint density at radius 2 is 2.00 bits per heavy atom. The van der Waals surface area contributed by atoms with Crippen molar-refractivity contribution in [1.29, 1.82) is 0 Å². The number of carbonyl (C=O) groups is 1. The Morgan fingerprint density at radius 3 is 2.57 bits per heavy atom. The number of carbonyl (C=O) groups excluding carboxylic acids is 1. The highest BCUT2D eigenvalue weighted by atomic mass is 19.4. The number of halogens is 3. The van der Waals surface area contributed by atoms with Gasteiger partial charge in [0.15, 0.2) is 0 Å². The first kappa shape index (κ1) is 15.6. The number of nitrogens with zero attached hydrogens (tertiary/aromatic N) is 1. The molecule has 0 radical (unpaired) electrons. The van der Waals surface area contributed by atoms with E-state index in [1.165, 1.54) is 6.07 Å². The Kier molecular flexibility index (Phi) is 4.72. The van der Waals surface area contributed by atoms with Crippen molar-refractivity contribution in [2.75, 3.05) is 37.8 Å². The van der Waals surface area contributed by atoms with Crippen molar-refractivity contribution in [3.63, 3.8) is 0 Å². The van der Waals surface area contributed by atoms with Gasteiger partial charge in [-0.15, -0.1) is 0 Å². The van der Waals surface area contributed by atoms with Crippen molar-refractivity contribution in [2.24, 2.45) is 0 Å². The summed E-state index contributed by atoms with van der Waals surface area (Å²) < 4.78 is 48.7. The minimum atomic E-state index is -4.45. The number of ether oxygens (including phenoxy) is 2. The van der Waals surface area contributed by atoms with Crippen molar-refractivity contribution in [3.05, 3.63) is 29.3 Å². The number of rotatable bonds is 3. The lowest BCUT2D eigenvalue weighted by molar-refractivity contribution is -0.137. The van der Waals surface area contributed by atoms with Crippen LogP contribution >= 0.6 is 0 Å². The topological polar surface area (TPSA) is 38.8 Å². The van der Waals surface area contributed by atoms with Crippen molar-refractivity contribution in [1.82, 2.24) is 0 Å². The average molecular weight is 303 g/mol. The molecular weight excluding hydrogens is 287 g/mol. The molecule has 1 heterocycles. The predicted octanol–water partition coefficient (Wildman–Crippen LogP) is 2.72. The van der Waals surface area contributed by atoms with Gasteiger partial charge in [0.2, 0.25) is 0 Å². The predicted molar refractivity (Wildman–Crippen MR) is 70.4 cm³/mol. The van der Waals surface area contributed by atoms with Gasteiger partial charge in [-0.3, -0.25) is 0 Å². The molecule has 1 aliphatic heterocycles. The zero-order valence-electron chi connectivity index (χ0n) is 11.6. The van der Waals surface area contributed by atoms with E-state index in [9.17, 15) is 18.0 Å². The van der Waals surface area contributed by atoms with Crippen LogP contribution in [-0.2, 0) is 15.7 Å². The molecule has 1 aromatic carbocycles. The Balaban J connectivity index is 2.41. The molecule has 0 bridgehead atoms. The molecule has 0 unspecified atom stereocenters. The first-order valence-corrected chi connectivity index (χ1v) is 6.64. The van der Waals surface area contributed by atoms with Crippen LogP contribution in [0.2, 0.25) is 0 Å². The second-order valence-electron chi connectivity index (χ2n) is 4.55. The second-order valence-corrected chi connectivity index (χ2v) is 4.55. The average Bonchev–Trinajstić information content (AvgIpc) is 2.47. The number of hydrogen-bond acceptors (Lipinski definition) is 4. The zero-order chi connectivity index (χ0) is 15.5. The lowest BCUT2D eigenvalue weighted by Crippen LogP contribution is -2.37. The molecular formula is C14H16F3NO3. The molecule has 0 aliphatic carbocycles. The van der Waals surface area contributed by atoms with Gasteiger partial charge in [-0.25, -0.2) is 4.79 Å². The molecule has 0 N–H and O–H groups in total. The summed E-state index contributed by atoms with van der Waals surface area (Å²) in [5.74, 6) is -0.618. The van der Waals surface area contributed by atoms with Crippen molar-refractivity contribution < 1.29 is 27.4 Å². The first-order valence-electron chi connectivity index (χ1n) is 6.64. The van der Waals surface area contributed by atoms with Gasteiger partial charge in [0.25, 0.3) is 0 Å². The van der Waals surface area contributed by atoms with E-state index in [2.05, 4.69) is 0 Å². The quantitative estimate of drug-likeness (QED) is 0.805. The van der Waals surface area contributed by atoms with E-state index in [0.717, 1.165) is 12.1 Å². The van der Waals surface area contributed by atoms with Crippen LogP contribution in [0.15, 0.2) is 18.2 Å². The molecule has 2 rings (SSSR count). The van der Waals surface area contributed by atoms with Gasteiger partial charge in [-0.2, -0.15) is 13.2 Å². The normalized spacial score (nSPS) is 15.9. The van der Waals surface area contributed by atoms with Gasteiger partial charge >= 0.3 is 12.1 Å². The summed E-state index contributed by atoms with van der Waals surface area (Å²) >= 11 is 0. The number of benzene rings is 1. The third-order valence-electron chi connectivity index (χ3n) is 3.17. The molecule has 1 fully saturated rings. The van der Waals surface area contributed by atoms with Gasteiger partial charge in [0.05, 0.1) is 36.6 Å². The Bertz CT molecular complexity index is 511. The summed E-state index contributed by atoms with van der Waals surface area (Å²) in [5.41, 5.74) is -0.393. The van der Waals surface area contributed by atoms with Crippen LogP contribution in [0.5, 0.6) is 0 Å². The Morgan fingerprint density at radius 1 is 1.33 bits per heavy atom. The Labute approximate surface area is 120 Å². The lowest BCUT2D eigenvalue weighted by Gasteiger charge is -2.30. The minimum absolute atomic E-state index is 0.145. The van der Waals surface area contributed by atoms with E-state index in [1.807, 2.05) is 0 Å². The van der Waals surface area contributed by atoms with Gasteiger partial charge in [0.1, 0.15) is 0 Å². The van der Waals surface area contributed by atoms with Crippen LogP contribution in [-0.4, -0.2) is 38.9 Å². The summed E-state index contributed by atoms with van der Waals surface area (Å²) in [5, 5.41) is 0. The van der Waals surface area contributed by atoms with E-state index in [-0.39, 0.29) is 17.9 Å². The smallest absolute Gasteiger partial charge is 0.416 e. The summed E-state index contributed by atoms with van der Waals surface area (Å²) in [6.07, 6.45) is -4.45. The molecule has 7 heteroatoms. The van der Waals surface area contributed by atoms with Crippen LogP contribution in [0.3, 0.4) is 0 Å². The summed E-state index contributed by atoms with van der Waals surface area (Å²) in [6, 6.07) is 3.07. The maximum absolute atomic E-state index is 12.9. The number of morpholine rings is 1. The molecule has 0 spiro atoms. The molecule has 116 valence electrons. The first-order chi connectivity index (χ1) is 9.93. The van der Waals surface area contributed by atoms with Crippen LogP contribution in [0.4, 0.5) is 18.9 Å². The number of anilines is 1. The summed E-state index contributed by atoms with van der Waals surface area (Å²) in [6.45, 7) is 3.53. The van der Waals surface area contributed by atoms with E-state index >= 15 is 0 Å². The molecule has 1 aliphatic rings. The molecule has 0 atom stereocenters. The van der Waals surface area contributed by atoms with E-state index in [1.54, 1.807) is 11.8 Å². The zero-order valence-corrected chi connectivity index (χ0v) is 11.6.